The number of carbonyl (C=O) groups excluding carboxylic acids is 1. The van der Waals surface area contributed by atoms with Gasteiger partial charge in [-0.15, -0.1) is 0 Å². The van der Waals surface area contributed by atoms with Gasteiger partial charge in [0.25, 0.3) is 0 Å². The molecule has 2 N–H and O–H groups in total. The van der Waals surface area contributed by atoms with Crippen molar-refractivity contribution < 1.29 is 28.7 Å². The molecule has 1 fully saturated rings. The molecule has 0 bridgehead atoms. The number of aromatic nitrogens is 1. The number of aromatic carboxylic acids is 1. The van der Waals surface area contributed by atoms with Crippen LogP contribution in [-0.4, -0.2) is 47.1 Å². The van der Waals surface area contributed by atoms with Gasteiger partial charge >= 0.3 is 19.2 Å². The van der Waals surface area contributed by atoms with Crippen molar-refractivity contribution in [3.63, 3.8) is 0 Å². The summed E-state index contributed by atoms with van der Waals surface area (Å²) in [7, 11) is -0.752. The van der Waals surface area contributed by atoms with Crippen molar-refractivity contribution in [3.8, 4) is 0 Å². The first-order valence-electron chi connectivity index (χ1n) is 7.71. The molecule has 1 aromatic heterocycles. The maximum Gasteiger partial charge on any atom is 0.496 e. The monoisotopic (exact) mass is 348 g/mol. The maximum atomic E-state index is 11.6. The van der Waals surface area contributed by atoms with Crippen LogP contribution in [-0.2, 0) is 14.0 Å². The molecule has 2 rings (SSSR count). The number of nitrogens with zero attached hydrogens (tertiary/aromatic N) is 1. The molecule has 0 unspecified atom stereocenters. The van der Waals surface area contributed by atoms with Gasteiger partial charge in [-0.2, -0.15) is 0 Å². The molecule has 8 nitrogen and oxygen atoms in total. The molecule has 1 saturated heterocycles. The number of rotatable bonds is 5. The predicted molar refractivity (Wildman–Crippen MR) is 92.1 cm³/mol. The van der Waals surface area contributed by atoms with Gasteiger partial charge in [0.15, 0.2) is 0 Å². The Morgan fingerprint density at radius 1 is 1.36 bits per heavy atom. The van der Waals surface area contributed by atoms with Crippen molar-refractivity contribution in [2.45, 2.75) is 38.9 Å². The van der Waals surface area contributed by atoms with E-state index in [0.717, 1.165) is 0 Å². The summed E-state index contributed by atoms with van der Waals surface area (Å²) in [5, 5.41) is 11.7. The molecule has 2 heterocycles. The van der Waals surface area contributed by atoms with E-state index in [-0.39, 0.29) is 18.0 Å². The molecule has 0 atom stereocenters. The Balaban J connectivity index is 2.26. The minimum Gasteiger partial charge on any atom is -0.478 e. The topological polar surface area (TPSA) is 107 Å². The van der Waals surface area contributed by atoms with Crippen LogP contribution in [0.2, 0.25) is 0 Å². The fourth-order valence-electron chi connectivity index (χ4n) is 2.12. The summed E-state index contributed by atoms with van der Waals surface area (Å²) in [5.74, 6) is -1.37. The predicted octanol–water partition coefficient (Wildman–Crippen LogP) is 1.81. The van der Waals surface area contributed by atoms with Gasteiger partial charge in [0.2, 0.25) is 0 Å². The van der Waals surface area contributed by atoms with E-state index in [0.29, 0.717) is 5.46 Å². The Bertz CT molecular complexity index is 688. The molecule has 0 aromatic carbocycles. The van der Waals surface area contributed by atoms with E-state index < -0.39 is 30.4 Å². The SMILES string of the molecule is C=CCOC(=O)Nc1ncc(B2OC(C)(C)C(C)(C)O2)cc1C(=O)O. The second-order valence-electron chi connectivity index (χ2n) is 6.57. The summed E-state index contributed by atoms with van der Waals surface area (Å²) in [5.41, 5.74) is -0.873. The van der Waals surface area contributed by atoms with Crippen molar-refractivity contribution in [2.24, 2.45) is 0 Å². The zero-order valence-electron chi connectivity index (χ0n) is 14.7. The third kappa shape index (κ3) is 4.00. The highest BCUT2D eigenvalue weighted by molar-refractivity contribution is 6.62. The number of carbonyl (C=O) groups is 2. The van der Waals surface area contributed by atoms with Crippen LogP contribution in [0.4, 0.5) is 10.6 Å². The lowest BCUT2D eigenvalue weighted by atomic mass is 9.79. The van der Waals surface area contributed by atoms with Gasteiger partial charge in [-0.25, -0.2) is 14.6 Å². The number of nitrogens with one attached hydrogen (secondary N) is 1. The second-order valence-corrected chi connectivity index (χ2v) is 6.57. The maximum absolute atomic E-state index is 11.6. The van der Waals surface area contributed by atoms with E-state index in [4.69, 9.17) is 14.0 Å². The third-order valence-electron chi connectivity index (χ3n) is 4.22. The fraction of sp³-hybridized carbons (Fsp3) is 0.438. The molecular weight excluding hydrogens is 327 g/mol. The number of amides is 1. The molecule has 134 valence electrons. The third-order valence-corrected chi connectivity index (χ3v) is 4.22. The summed E-state index contributed by atoms with van der Waals surface area (Å²) in [6.07, 6.45) is 1.97. The first-order valence-corrected chi connectivity index (χ1v) is 7.71. The second kappa shape index (κ2) is 6.85. The van der Waals surface area contributed by atoms with Gasteiger partial charge in [-0.05, 0) is 33.8 Å². The zero-order valence-corrected chi connectivity index (χ0v) is 14.7. The summed E-state index contributed by atoms with van der Waals surface area (Å²) >= 11 is 0. The van der Waals surface area contributed by atoms with Crippen molar-refractivity contribution in [2.75, 3.05) is 11.9 Å². The minimum absolute atomic E-state index is 0.000239. The zero-order chi connectivity index (χ0) is 18.8. The van der Waals surface area contributed by atoms with E-state index in [2.05, 4.69) is 16.9 Å². The Morgan fingerprint density at radius 3 is 2.48 bits per heavy atom. The van der Waals surface area contributed by atoms with E-state index in [1.54, 1.807) is 0 Å². The molecule has 1 aromatic rings. The highest BCUT2D eigenvalue weighted by Crippen LogP contribution is 2.36. The van der Waals surface area contributed by atoms with Crippen molar-refractivity contribution in [1.29, 1.82) is 0 Å². The molecule has 0 radical (unpaired) electrons. The molecule has 9 heteroatoms. The van der Waals surface area contributed by atoms with E-state index >= 15 is 0 Å². The Hall–Kier alpha value is -2.39. The van der Waals surface area contributed by atoms with Crippen LogP contribution in [0.15, 0.2) is 24.9 Å². The van der Waals surface area contributed by atoms with Gasteiger partial charge in [0.1, 0.15) is 18.0 Å². The smallest absolute Gasteiger partial charge is 0.478 e. The number of carboxylic acids is 1. The lowest BCUT2D eigenvalue weighted by Gasteiger charge is -2.32. The van der Waals surface area contributed by atoms with Gasteiger partial charge in [-0.3, -0.25) is 5.32 Å². The summed E-state index contributed by atoms with van der Waals surface area (Å²) in [6, 6.07) is 1.36. The lowest BCUT2D eigenvalue weighted by molar-refractivity contribution is 0.00578. The first-order chi connectivity index (χ1) is 11.6. The number of pyridine rings is 1. The van der Waals surface area contributed by atoms with E-state index in [1.165, 1.54) is 18.3 Å². The quantitative estimate of drug-likeness (QED) is 0.617. The van der Waals surface area contributed by atoms with Crippen LogP contribution in [0, 0.1) is 0 Å². The van der Waals surface area contributed by atoms with E-state index in [9.17, 15) is 14.7 Å². The highest BCUT2D eigenvalue weighted by Gasteiger charge is 2.52. The fourth-order valence-corrected chi connectivity index (χ4v) is 2.12. The average Bonchev–Trinajstić information content (AvgIpc) is 2.73. The number of hydrogen-bond acceptors (Lipinski definition) is 6. The molecule has 0 aliphatic carbocycles. The molecular formula is C16H21BN2O6. The van der Waals surface area contributed by atoms with Gasteiger partial charge in [-0.1, -0.05) is 12.7 Å². The molecule has 1 amide bonds. The van der Waals surface area contributed by atoms with Crippen molar-refractivity contribution in [3.05, 3.63) is 30.5 Å². The van der Waals surface area contributed by atoms with Crippen molar-refractivity contribution in [1.82, 2.24) is 4.98 Å². The molecule has 1 aliphatic heterocycles. The van der Waals surface area contributed by atoms with Gasteiger partial charge in [0, 0.05) is 11.7 Å². The number of carboxylic acid groups (broad SMARTS) is 1. The summed E-state index contributed by atoms with van der Waals surface area (Å²) < 4.78 is 16.5. The number of ether oxygens (including phenoxy) is 1. The lowest BCUT2D eigenvalue weighted by Crippen LogP contribution is -2.41. The highest BCUT2D eigenvalue weighted by atomic mass is 16.7. The number of hydrogen-bond donors (Lipinski definition) is 2. The van der Waals surface area contributed by atoms with E-state index in [1.807, 2.05) is 27.7 Å². The Kier molecular flexibility index (Phi) is 5.19. The molecule has 0 spiro atoms. The van der Waals surface area contributed by atoms with Gasteiger partial charge < -0.3 is 19.2 Å². The molecule has 1 aliphatic rings. The van der Waals surface area contributed by atoms with Crippen LogP contribution >= 0.6 is 0 Å². The molecule has 25 heavy (non-hydrogen) atoms. The minimum atomic E-state index is -1.25. The Labute approximate surface area is 146 Å². The van der Waals surface area contributed by atoms with Crippen LogP contribution in [0.25, 0.3) is 0 Å². The molecule has 0 saturated carbocycles. The Morgan fingerprint density at radius 2 is 1.96 bits per heavy atom. The normalized spacial score (nSPS) is 17.8. The van der Waals surface area contributed by atoms with Gasteiger partial charge in [0.05, 0.1) is 11.2 Å². The summed E-state index contributed by atoms with van der Waals surface area (Å²) in [6.45, 7) is 11.0. The van der Waals surface area contributed by atoms with Crippen molar-refractivity contribution >= 4 is 30.5 Å². The summed E-state index contributed by atoms with van der Waals surface area (Å²) in [4.78, 5) is 27.1. The van der Waals surface area contributed by atoms with Crippen LogP contribution in [0.3, 0.4) is 0 Å². The van der Waals surface area contributed by atoms with Crippen LogP contribution in [0.5, 0.6) is 0 Å². The number of anilines is 1. The first kappa shape index (κ1) is 18.9. The largest absolute Gasteiger partial charge is 0.496 e. The standard InChI is InChI=1S/C16H21BN2O6/c1-6-7-23-14(22)19-12-11(13(20)21)8-10(9-18-12)17-24-15(2,3)16(4,5)25-17/h6,8-9H,1,7H2,2-5H3,(H,20,21)(H,18,19,22). The van der Waals surface area contributed by atoms with Crippen LogP contribution in [0.1, 0.15) is 38.1 Å². The van der Waals surface area contributed by atoms with Crippen LogP contribution < -0.4 is 10.8 Å². The average molecular weight is 348 g/mol.